The van der Waals surface area contributed by atoms with Crippen molar-refractivity contribution in [3.05, 3.63) is 104 Å². The van der Waals surface area contributed by atoms with Crippen LogP contribution in [0.1, 0.15) is 35.4 Å². The number of carbonyl (C=O) groups is 2. The molecule has 0 aromatic heterocycles. The van der Waals surface area contributed by atoms with Crippen LogP contribution < -0.4 is 5.32 Å². The van der Waals surface area contributed by atoms with Gasteiger partial charge in [-0.2, -0.15) is 0 Å². The van der Waals surface area contributed by atoms with Crippen LogP contribution in [0.4, 0.5) is 5.69 Å². The average molecular weight is 664 g/mol. The van der Waals surface area contributed by atoms with Gasteiger partial charge in [-0.15, -0.1) is 0 Å². The maximum atomic E-state index is 15.3. The number of hydrogen-bond acceptors (Lipinski definition) is 5. The summed E-state index contributed by atoms with van der Waals surface area (Å²) in [5.74, 6) is -1.49. The summed E-state index contributed by atoms with van der Waals surface area (Å²) < 4.78 is 14.7. The number of anilines is 1. The molecule has 0 radical (unpaired) electrons. The first-order valence-electron chi connectivity index (χ1n) is 13.5. The number of fused-ring (bicyclic) bond motifs is 3. The highest BCUT2D eigenvalue weighted by Crippen LogP contribution is 2.68. The molecule has 1 saturated carbocycles. The Morgan fingerprint density at radius 1 is 0.925 bits per heavy atom. The monoisotopic (exact) mass is 662 g/mol. The summed E-state index contributed by atoms with van der Waals surface area (Å²) in [7, 11) is 1.96. The molecule has 3 spiro atoms. The van der Waals surface area contributed by atoms with Gasteiger partial charge in [0.25, 0.3) is 5.91 Å². The number of ether oxygens (including phenoxy) is 2. The Morgan fingerprint density at radius 3 is 2.27 bits per heavy atom. The number of carbonyl (C=O) groups excluding carboxylic acids is 2. The van der Waals surface area contributed by atoms with Crippen LogP contribution >= 0.6 is 31.9 Å². The molecule has 0 bridgehead atoms. The molecule has 3 aromatic carbocycles. The standard InChI is InChI=1S/C32H28Br2N2O4/c1-36-18-26(21-8-12-24(34)13-9-21)31(32(36)25-4-2-3-5-27(25)35-29(32)38)19-30(39-14-15-40-30)17-22(28(31)37)16-20-6-10-23(33)11-7-20/h2-13,16,26H,14-15,17-19H2,1H3,(H,35,38)/b22-16+. The first kappa shape index (κ1) is 26.3. The molecule has 3 fully saturated rings. The summed E-state index contributed by atoms with van der Waals surface area (Å²) in [5, 5.41) is 3.14. The third kappa shape index (κ3) is 3.63. The minimum Gasteiger partial charge on any atom is -0.347 e. The lowest BCUT2D eigenvalue weighted by atomic mass is 9.52. The maximum absolute atomic E-state index is 15.3. The molecule has 1 N–H and O–H groups in total. The number of halogens is 2. The zero-order valence-corrected chi connectivity index (χ0v) is 25.1. The smallest absolute Gasteiger partial charge is 0.250 e. The molecule has 1 aliphatic carbocycles. The van der Waals surface area contributed by atoms with E-state index in [2.05, 4.69) is 54.2 Å². The molecule has 6 nitrogen and oxygen atoms in total. The van der Waals surface area contributed by atoms with Crippen molar-refractivity contribution in [1.82, 2.24) is 4.90 Å². The highest BCUT2D eigenvalue weighted by atomic mass is 79.9. The first-order valence-corrected chi connectivity index (χ1v) is 15.0. The Hall–Kier alpha value is -2.62. The van der Waals surface area contributed by atoms with Gasteiger partial charge in [0, 0.05) is 51.1 Å². The molecular formula is C32H28Br2N2O4. The Kier molecular flexibility index (Phi) is 6.22. The minimum atomic E-state index is -1.24. The van der Waals surface area contributed by atoms with Crippen molar-refractivity contribution in [1.29, 1.82) is 0 Å². The van der Waals surface area contributed by atoms with E-state index < -0.39 is 16.7 Å². The van der Waals surface area contributed by atoms with Gasteiger partial charge in [-0.3, -0.25) is 14.5 Å². The topological polar surface area (TPSA) is 67.9 Å². The van der Waals surface area contributed by atoms with E-state index in [1.165, 1.54) is 0 Å². The van der Waals surface area contributed by atoms with Gasteiger partial charge >= 0.3 is 0 Å². The Balaban J connectivity index is 1.52. The van der Waals surface area contributed by atoms with Crippen LogP contribution in [0.2, 0.25) is 0 Å². The van der Waals surface area contributed by atoms with Crippen molar-refractivity contribution in [3.8, 4) is 0 Å². The van der Waals surface area contributed by atoms with Crippen LogP contribution in [0.5, 0.6) is 0 Å². The second-order valence-electron chi connectivity index (χ2n) is 11.2. The Morgan fingerprint density at radius 2 is 1.57 bits per heavy atom. The van der Waals surface area contributed by atoms with Gasteiger partial charge in [-0.05, 0) is 54.6 Å². The number of para-hydroxylation sites is 1. The molecule has 3 aliphatic heterocycles. The fourth-order valence-corrected chi connectivity index (χ4v) is 8.21. The van der Waals surface area contributed by atoms with E-state index in [0.29, 0.717) is 31.8 Å². The molecular weight excluding hydrogens is 636 g/mol. The van der Waals surface area contributed by atoms with Gasteiger partial charge < -0.3 is 14.8 Å². The number of hydrogen-bond donors (Lipinski definition) is 1. The van der Waals surface area contributed by atoms with Gasteiger partial charge in [-0.25, -0.2) is 0 Å². The first-order chi connectivity index (χ1) is 19.3. The molecule has 3 aromatic rings. The molecule has 8 heteroatoms. The summed E-state index contributed by atoms with van der Waals surface area (Å²) in [5.41, 5.74) is 1.69. The summed E-state index contributed by atoms with van der Waals surface area (Å²) >= 11 is 7.07. The third-order valence-electron chi connectivity index (χ3n) is 9.16. The molecule has 1 amide bonds. The summed E-state index contributed by atoms with van der Waals surface area (Å²) in [6.07, 6.45) is 2.56. The molecule has 3 atom stereocenters. The Bertz CT molecular complexity index is 1550. The predicted octanol–water partition coefficient (Wildman–Crippen LogP) is 6.26. The summed E-state index contributed by atoms with van der Waals surface area (Å²) in [6, 6.07) is 23.8. The van der Waals surface area contributed by atoms with Crippen LogP contribution in [0.15, 0.2) is 87.3 Å². The van der Waals surface area contributed by atoms with Crippen LogP contribution in [-0.4, -0.2) is 49.2 Å². The number of amides is 1. The highest BCUT2D eigenvalue weighted by Gasteiger charge is 2.76. The molecule has 7 rings (SSSR count). The third-order valence-corrected chi connectivity index (χ3v) is 10.2. The van der Waals surface area contributed by atoms with E-state index in [-0.39, 0.29) is 24.0 Å². The van der Waals surface area contributed by atoms with Gasteiger partial charge in [-0.1, -0.05) is 74.3 Å². The van der Waals surface area contributed by atoms with Crippen molar-refractivity contribution in [3.63, 3.8) is 0 Å². The van der Waals surface area contributed by atoms with Crippen LogP contribution in [0, 0.1) is 5.41 Å². The van der Waals surface area contributed by atoms with Gasteiger partial charge in [0.15, 0.2) is 11.6 Å². The summed E-state index contributed by atoms with van der Waals surface area (Å²) in [4.78, 5) is 31.8. The lowest BCUT2D eigenvalue weighted by Gasteiger charge is -2.52. The fourth-order valence-electron chi connectivity index (χ4n) is 7.69. The zero-order valence-electron chi connectivity index (χ0n) is 22.0. The van der Waals surface area contributed by atoms with Crippen molar-refractivity contribution >= 4 is 55.3 Å². The summed E-state index contributed by atoms with van der Waals surface area (Å²) in [6.45, 7) is 1.42. The van der Waals surface area contributed by atoms with Crippen LogP contribution in [0.3, 0.4) is 0 Å². The van der Waals surface area contributed by atoms with Gasteiger partial charge in [0.2, 0.25) is 0 Å². The lowest BCUT2D eigenvalue weighted by Crippen LogP contribution is -2.63. The van der Waals surface area contributed by atoms with E-state index in [0.717, 1.165) is 31.3 Å². The molecule has 3 unspecified atom stereocenters. The minimum absolute atomic E-state index is 0.0238. The maximum Gasteiger partial charge on any atom is 0.250 e. The van der Waals surface area contributed by atoms with E-state index in [1.807, 2.05) is 73.8 Å². The molecule has 3 heterocycles. The quantitative estimate of drug-likeness (QED) is 0.328. The van der Waals surface area contributed by atoms with Crippen LogP contribution in [0.25, 0.3) is 6.08 Å². The van der Waals surface area contributed by atoms with Crippen molar-refractivity contribution in [2.75, 3.05) is 32.1 Å². The van der Waals surface area contributed by atoms with Crippen LogP contribution in [-0.2, 0) is 24.6 Å². The molecule has 2 saturated heterocycles. The van der Waals surface area contributed by atoms with Crippen molar-refractivity contribution in [2.45, 2.75) is 30.1 Å². The number of likely N-dealkylation sites (N-methyl/N-ethyl adjacent to an activating group) is 1. The van der Waals surface area contributed by atoms with Gasteiger partial charge in [0.1, 0.15) is 5.54 Å². The second-order valence-corrected chi connectivity index (χ2v) is 13.0. The second kappa shape index (κ2) is 9.46. The number of likely N-dealkylation sites (tertiary alicyclic amines) is 1. The predicted molar refractivity (Wildman–Crippen MR) is 160 cm³/mol. The molecule has 40 heavy (non-hydrogen) atoms. The largest absolute Gasteiger partial charge is 0.347 e. The number of nitrogens with one attached hydrogen (secondary N) is 1. The fraction of sp³-hybridized carbons (Fsp3) is 0.312. The zero-order chi connectivity index (χ0) is 27.7. The number of benzene rings is 3. The van der Waals surface area contributed by atoms with E-state index >= 15 is 4.79 Å². The lowest BCUT2D eigenvalue weighted by molar-refractivity contribution is -0.203. The number of rotatable bonds is 2. The van der Waals surface area contributed by atoms with Gasteiger partial charge in [0.05, 0.1) is 18.6 Å². The number of ketones is 1. The highest BCUT2D eigenvalue weighted by molar-refractivity contribution is 9.10. The van der Waals surface area contributed by atoms with E-state index in [9.17, 15) is 4.79 Å². The normalized spacial score (nSPS) is 30.1. The molecule has 204 valence electrons. The van der Waals surface area contributed by atoms with Crippen molar-refractivity contribution < 1.29 is 19.1 Å². The van der Waals surface area contributed by atoms with Crippen molar-refractivity contribution in [2.24, 2.45) is 5.41 Å². The number of Topliss-reactive ketones (excluding diaryl/α,β-unsaturated/α-hetero) is 1. The van der Waals surface area contributed by atoms with E-state index in [1.54, 1.807) is 0 Å². The SMILES string of the molecule is CN1CC(c2ccc(Br)cc2)C2(CC3(C/C(=C\c4ccc(Br)cc4)C2=O)OCCO3)C12C(=O)Nc1ccccc12. The number of nitrogens with zero attached hydrogens (tertiary/aromatic N) is 1. The van der Waals surface area contributed by atoms with E-state index in [4.69, 9.17) is 9.47 Å². The Labute approximate surface area is 250 Å². The molecule has 4 aliphatic rings. The average Bonchev–Trinajstić information content (AvgIpc) is 3.59.